The molecule has 0 aromatic rings. The molecule has 0 aliphatic heterocycles. The second-order valence-corrected chi connectivity index (χ2v) is 5.43. The maximum atomic E-state index is 9.33. The zero-order valence-corrected chi connectivity index (χ0v) is 10.6. The molecule has 2 aliphatic rings. The van der Waals surface area contributed by atoms with Crippen molar-refractivity contribution in [2.24, 2.45) is 16.6 Å². The van der Waals surface area contributed by atoms with E-state index in [4.69, 9.17) is 5.73 Å². The molecule has 0 amide bonds. The molecule has 2 unspecified atom stereocenters. The van der Waals surface area contributed by atoms with Gasteiger partial charge in [0.1, 0.15) is 0 Å². The van der Waals surface area contributed by atoms with Gasteiger partial charge < -0.3 is 16.2 Å². The number of nitrogens with one attached hydrogen (secondary N) is 1. The van der Waals surface area contributed by atoms with Gasteiger partial charge in [0.25, 0.3) is 0 Å². The average molecular weight is 239 g/mol. The largest absolute Gasteiger partial charge is 0.396 e. The van der Waals surface area contributed by atoms with E-state index in [1.165, 1.54) is 38.5 Å². The third kappa shape index (κ3) is 3.60. The summed E-state index contributed by atoms with van der Waals surface area (Å²) in [5.74, 6) is 0.898. The Morgan fingerprint density at radius 2 is 1.76 bits per heavy atom. The molecule has 4 nitrogen and oxygen atoms in total. The van der Waals surface area contributed by atoms with Gasteiger partial charge in [-0.1, -0.05) is 25.7 Å². The Kier molecular flexibility index (Phi) is 4.66. The van der Waals surface area contributed by atoms with Gasteiger partial charge in [0.2, 0.25) is 0 Å². The fraction of sp³-hybridized carbons (Fsp3) is 0.923. The number of nitrogens with two attached hydrogens (primary N) is 1. The smallest absolute Gasteiger partial charge is 0.189 e. The summed E-state index contributed by atoms with van der Waals surface area (Å²) in [5.41, 5.74) is 5.96. The predicted octanol–water partition coefficient (Wildman–Crippen LogP) is 1.38. The van der Waals surface area contributed by atoms with Crippen LogP contribution in [0, 0.1) is 5.92 Å². The zero-order valence-electron chi connectivity index (χ0n) is 10.6. The maximum Gasteiger partial charge on any atom is 0.189 e. The van der Waals surface area contributed by atoms with Crippen LogP contribution in [0.1, 0.15) is 51.4 Å². The van der Waals surface area contributed by atoms with Gasteiger partial charge in [-0.2, -0.15) is 0 Å². The predicted molar refractivity (Wildman–Crippen MR) is 69.8 cm³/mol. The van der Waals surface area contributed by atoms with Crippen LogP contribution in [0.5, 0.6) is 0 Å². The van der Waals surface area contributed by atoms with Gasteiger partial charge in [-0.05, 0) is 25.7 Å². The lowest BCUT2D eigenvalue weighted by molar-refractivity contribution is 0.171. The van der Waals surface area contributed by atoms with E-state index in [0.717, 1.165) is 12.8 Å². The monoisotopic (exact) mass is 239 g/mol. The molecule has 17 heavy (non-hydrogen) atoms. The van der Waals surface area contributed by atoms with Crippen molar-refractivity contribution in [2.75, 3.05) is 6.61 Å². The molecule has 98 valence electrons. The lowest BCUT2D eigenvalue weighted by Crippen LogP contribution is -2.40. The first-order valence-electron chi connectivity index (χ1n) is 7.00. The van der Waals surface area contributed by atoms with Gasteiger partial charge in [0.05, 0.1) is 6.04 Å². The number of hydrogen-bond acceptors (Lipinski definition) is 2. The van der Waals surface area contributed by atoms with Crippen molar-refractivity contribution in [2.45, 2.75) is 63.5 Å². The third-order valence-electron chi connectivity index (χ3n) is 4.12. The summed E-state index contributed by atoms with van der Waals surface area (Å²) < 4.78 is 0. The molecule has 0 bridgehead atoms. The van der Waals surface area contributed by atoms with Gasteiger partial charge in [-0.3, -0.25) is 0 Å². The van der Waals surface area contributed by atoms with Gasteiger partial charge >= 0.3 is 0 Å². The molecular weight excluding hydrogens is 214 g/mol. The SMILES string of the molecule is NC(=NC1CCCCC1CO)NC1CCCC1. The minimum absolute atomic E-state index is 0.225. The second kappa shape index (κ2) is 6.24. The molecule has 0 heterocycles. The minimum atomic E-state index is 0.225. The highest BCUT2D eigenvalue weighted by atomic mass is 16.3. The number of nitrogens with zero attached hydrogens (tertiary/aromatic N) is 1. The van der Waals surface area contributed by atoms with Crippen LogP contribution in [0.3, 0.4) is 0 Å². The van der Waals surface area contributed by atoms with Gasteiger partial charge in [0.15, 0.2) is 5.96 Å². The van der Waals surface area contributed by atoms with E-state index in [9.17, 15) is 5.11 Å². The summed E-state index contributed by atoms with van der Waals surface area (Å²) in [6, 6.07) is 0.748. The van der Waals surface area contributed by atoms with Crippen LogP contribution in [0.25, 0.3) is 0 Å². The number of aliphatic hydroxyl groups is 1. The fourth-order valence-electron chi connectivity index (χ4n) is 3.07. The summed E-state index contributed by atoms with van der Waals surface area (Å²) in [6.45, 7) is 0.241. The molecule has 0 aromatic carbocycles. The van der Waals surface area contributed by atoms with E-state index in [1.54, 1.807) is 0 Å². The van der Waals surface area contributed by atoms with Crippen LogP contribution in [0.4, 0.5) is 0 Å². The quantitative estimate of drug-likeness (QED) is 0.515. The van der Waals surface area contributed by atoms with Gasteiger partial charge in [-0.25, -0.2) is 4.99 Å². The summed E-state index contributed by atoms with van der Waals surface area (Å²) in [5, 5.41) is 12.6. The fourth-order valence-corrected chi connectivity index (χ4v) is 3.07. The topological polar surface area (TPSA) is 70.6 Å². The van der Waals surface area contributed by atoms with E-state index in [1.807, 2.05) is 0 Å². The summed E-state index contributed by atoms with van der Waals surface area (Å²) >= 11 is 0. The molecule has 2 saturated carbocycles. The van der Waals surface area contributed by atoms with E-state index < -0.39 is 0 Å². The molecule has 2 aliphatic carbocycles. The Hall–Kier alpha value is -0.770. The molecule has 0 saturated heterocycles. The van der Waals surface area contributed by atoms with E-state index >= 15 is 0 Å². The highest BCUT2D eigenvalue weighted by Crippen LogP contribution is 2.26. The molecule has 0 aromatic heterocycles. The van der Waals surface area contributed by atoms with E-state index in [0.29, 0.717) is 17.9 Å². The Bertz CT molecular complexity index is 261. The molecule has 2 atom stereocenters. The first-order valence-corrected chi connectivity index (χ1v) is 7.00. The number of hydrogen-bond donors (Lipinski definition) is 3. The lowest BCUT2D eigenvalue weighted by atomic mass is 9.85. The molecular formula is C13H25N3O. The summed E-state index contributed by atoms with van der Waals surface area (Å²) in [6.07, 6.45) is 9.60. The number of aliphatic hydroxyl groups excluding tert-OH is 1. The summed E-state index contributed by atoms with van der Waals surface area (Å²) in [7, 11) is 0. The standard InChI is InChI=1S/C13H25N3O/c14-13(15-11-6-2-3-7-11)16-12-8-4-1-5-10(12)9-17/h10-12,17H,1-9H2,(H3,14,15,16). The highest BCUT2D eigenvalue weighted by molar-refractivity contribution is 5.78. The van der Waals surface area contributed by atoms with Crippen LogP contribution >= 0.6 is 0 Å². The van der Waals surface area contributed by atoms with Crippen molar-refractivity contribution in [3.8, 4) is 0 Å². The lowest BCUT2D eigenvalue weighted by Gasteiger charge is -2.27. The minimum Gasteiger partial charge on any atom is -0.396 e. The van der Waals surface area contributed by atoms with Crippen molar-refractivity contribution in [1.82, 2.24) is 5.32 Å². The maximum absolute atomic E-state index is 9.33. The van der Waals surface area contributed by atoms with Crippen molar-refractivity contribution in [3.63, 3.8) is 0 Å². The Balaban J connectivity index is 1.86. The van der Waals surface area contributed by atoms with Crippen LogP contribution in [0.2, 0.25) is 0 Å². The molecule has 4 heteroatoms. The first-order chi connectivity index (χ1) is 8.29. The van der Waals surface area contributed by atoms with Crippen molar-refractivity contribution in [1.29, 1.82) is 0 Å². The average Bonchev–Trinajstić information content (AvgIpc) is 2.82. The number of aliphatic imine (C=N–C) groups is 1. The van der Waals surface area contributed by atoms with E-state index in [2.05, 4.69) is 10.3 Å². The molecule has 2 rings (SSSR count). The normalized spacial score (nSPS) is 31.7. The van der Waals surface area contributed by atoms with Crippen molar-refractivity contribution >= 4 is 5.96 Å². The summed E-state index contributed by atoms with van der Waals surface area (Å²) in [4.78, 5) is 4.58. The van der Waals surface area contributed by atoms with Crippen molar-refractivity contribution < 1.29 is 5.11 Å². The van der Waals surface area contributed by atoms with Gasteiger partial charge in [0, 0.05) is 18.6 Å². The molecule has 0 radical (unpaired) electrons. The Labute approximate surface area is 104 Å². The third-order valence-corrected chi connectivity index (χ3v) is 4.12. The first kappa shape index (κ1) is 12.7. The molecule has 2 fully saturated rings. The van der Waals surface area contributed by atoms with Crippen LogP contribution in [0.15, 0.2) is 4.99 Å². The van der Waals surface area contributed by atoms with Crippen LogP contribution in [-0.2, 0) is 0 Å². The van der Waals surface area contributed by atoms with Crippen molar-refractivity contribution in [3.05, 3.63) is 0 Å². The second-order valence-electron chi connectivity index (χ2n) is 5.43. The van der Waals surface area contributed by atoms with E-state index in [-0.39, 0.29) is 12.6 Å². The Morgan fingerprint density at radius 3 is 2.47 bits per heavy atom. The van der Waals surface area contributed by atoms with Gasteiger partial charge in [-0.15, -0.1) is 0 Å². The number of guanidine groups is 1. The highest BCUT2D eigenvalue weighted by Gasteiger charge is 2.24. The zero-order chi connectivity index (χ0) is 12.1. The van der Waals surface area contributed by atoms with Crippen LogP contribution in [-0.4, -0.2) is 29.8 Å². The molecule has 0 spiro atoms. The Morgan fingerprint density at radius 1 is 1.12 bits per heavy atom. The van der Waals surface area contributed by atoms with Crippen LogP contribution < -0.4 is 11.1 Å². The number of rotatable bonds is 3. The molecule has 4 N–H and O–H groups in total.